The van der Waals surface area contributed by atoms with Crippen molar-refractivity contribution in [2.45, 2.75) is 0.745 Å². The molecule has 0 nitrogen and oxygen atoms in total. The van der Waals surface area contributed by atoms with Crippen molar-refractivity contribution in [3.63, 3.8) is 0 Å². The molecular weight excluding hydrogens is 906 g/mol. The van der Waals surface area contributed by atoms with Crippen molar-refractivity contribution >= 4 is 174 Å². The third-order valence-electron chi connectivity index (χ3n) is 1.70. The standard InChI is InChI=1S/CBr4Cl8Ge4/c2-14(6,7)1(15(3,8)9,16(4,10)11)17(5,12)13. The summed E-state index contributed by atoms with van der Waals surface area (Å²) in [5, 5.41) is 0. The van der Waals surface area contributed by atoms with Gasteiger partial charge in [-0.3, -0.25) is 0 Å². The van der Waals surface area contributed by atoms with Gasteiger partial charge in [0.15, 0.2) is 0 Å². The molecule has 16 heteroatoms. The Hall–Kier alpha value is 6.41. The topological polar surface area (TPSA) is 0 Å². The second kappa shape index (κ2) is 7.75. The Labute approximate surface area is 171 Å². The normalized spacial score (nSPS) is 16.2. The van der Waals surface area contributed by atoms with Crippen LogP contribution in [0.4, 0.5) is 0 Å². The van der Waals surface area contributed by atoms with Crippen molar-refractivity contribution in [1.29, 1.82) is 0 Å². The Bertz CT molecular complexity index is 222. The number of hydrogen-bond donors (Lipinski definition) is 0. The van der Waals surface area contributed by atoms with E-state index in [4.69, 9.17) is 80.1 Å². The average Bonchev–Trinajstić information content (AvgIpc) is 1.67. The van der Waals surface area contributed by atoms with Crippen molar-refractivity contribution in [2.24, 2.45) is 0 Å². The van der Waals surface area contributed by atoms with E-state index in [0.717, 1.165) is 0 Å². The molecule has 104 valence electrons. The van der Waals surface area contributed by atoms with E-state index in [1.165, 1.54) is 0 Å². The molecule has 0 bridgehead atoms. The van der Waals surface area contributed by atoms with Crippen LogP contribution in [0.3, 0.4) is 0 Å². The summed E-state index contributed by atoms with van der Waals surface area (Å²) in [6.07, 6.45) is 0. The Morgan fingerprint density at radius 3 is 0.588 bits per heavy atom. The molecule has 0 aromatic heterocycles. The molecule has 0 aliphatic heterocycles. The maximum absolute atomic E-state index is 6.32. The van der Waals surface area contributed by atoms with Gasteiger partial charge in [-0.2, -0.15) is 0 Å². The SMILES string of the molecule is [Cl][Ge]([Cl])([Br])[C]([Ge]([Cl])([Cl])[Br])([Ge]([Cl])([Cl])[Br])[Ge]([Cl])([Cl])[Br]. The minimum atomic E-state index is -3.83. The average molecular weight is 906 g/mol. The molecule has 0 aliphatic rings. The zero-order valence-corrected chi connectivity index (χ0v) is 27.8. The Morgan fingerprint density at radius 1 is 0.471 bits per heavy atom. The molecule has 0 rings (SSSR count). The second-order valence-electron chi connectivity index (χ2n) is 2.74. The van der Waals surface area contributed by atoms with Gasteiger partial charge in [-0.05, 0) is 0 Å². The molecular formula is CBr4Cl8Ge4. The number of hydrogen-bond acceptors (Lipinski definition) is 0. The van der Waals surface area contributed by atoms with Gasteiger partial charge in [0.05, 0.1) is 0 Å². The van der Waals surface area contributed by atoms with E-state index in [1.807, 2.05) is 0 Å². The summed E-state index contributed by atoms with van der Waals surface area (Å²) >= 11 is 13.1. The van der Waals surface area contributed by atoms with Crippen LogP contribution in [0.25, 0.3) is 0 Å². The molecule has 0 amide bonds. The molecule has 0 aromatic rings. The summed E-state index contributed by atoms with van der Waals surface area (Å²) in [6.45, 7) is 0. The van der Waals surface area contributed by atoms with Crippen LogP contribution in [0.5, 0.6) is 0 Å². The second-order valence-corrected chi connectivity index (χ2v) is 102. The summed E-state index contributed by atoms with van der Waals surface area (Å²) in [5.41, 5.74) is 0. The molecule has 0 N–H and O–H groups in total. The summed E-state index contributed by atoms with van der Waals surface area (Å²) in [4.78, 5) is 0. The van der Waals surface area contributed by atoms with E-state index in [0.29, 0.717) is 0 Å². The van der Waals surface area contributed by atoms with Gasteiger partial charge in [-0.1, -0.05) is 0 Å². The third-order valence-corrected chi connectivity index (χ3v) is 171. The molecule has 0 fully saturated rings. The van der Waals surface area contributed by atoms with Gasteiger partial charge in [-0.25, -0.2) is 0 Å². The molecule has 0 aromatic carbocycles. The minimum absolute atomic E-state index is 1.21. The van der Waals surface area contributed by atoms with Crippen molar-refractivity contribution in [1.82, 2.24) is 0 Å². The van der Waals surface area contributed by atoms with Crippen molar-refractivity contribution in [3.05, 3.63) is 0 Å². The van der Waals surface area contributed by atoms with Crippen LogP contribution in [-0.2, 0) is 0 Å². The monoisotopic (exact) mass is 903 g/mol. The molecule has 0 unspecified atom stereocenters. The Morgan fingerprint density at radius 2 is 0.588 bits per heavy atom. The van der Waals surface area contributed by atoms with E-state index in [2.05, 4.69) is 56.0 Å². The van der Waals surface area contributed by atoms with E-state index >= 15 is 0 Å². The van der Waals surface area contributed by atoms with Gasteiger partial charge in [0.25, 0.3) is 0 Å². The van der Waals surface area contributed by atoms with E-state index < -0.39 is 39.0 Å². The van der Waals surface area contributed by atoms with Gasteiger partial charge >= 0.3 is 175 Å². The van der Waals surface area contributed by atoms with Crippen LogP contribution in [-0.4, -0.2) is 38.3 Å². The van der Waals surface area contributed by atoms with Gasteiger partial charge < -0.3 is 0 Å². The van der Waals surface area contributed by atoms with Gasteiger partial charge in [0.1, 0.15) is 0 Å². The molecule has 17 heavy (non-hydrogen) atoms. The summed E-state index contributed by atoms with van der Waals surface area (Å²) in [7, 11) is 35.3. The third kappa shape index (κ3) is 5.19. The summed E-state index contributed by atoms with van der Waals surface area (Å²) in [5.74, 6) is 0. The van der Waals surface area contributed by atoms with Crippen LogP contribution in [0.15, 0.2) is 0 Å². The zero-order valence-electron chi connectivity index (χ0n) is 7.04. The Balaban J connectivity index is 6.37. The zero-order chi connectivity index (χ0) is 14.5. The van der Waals surface area contributed by atoms with E-state index in [-0.39, 0.29) is 0 Å². The fourth-order valence-corrected chi connectivity index (χ4v) is 363. The van der Waals surface area contributed by atoms with Crippen LogP contribution in [0.1, 0.15) is 0 Å². The predicted molar refractivity (Wildman–Crippen MR) is 108 cm³/mol. The molecule has 0 spiro atoms. The van der Waals surface area contributed by atoms with Gasteiger partial charge in [-0.15, -0.1) is 0 Å². The fraction of sp³-hybridized carbons (Fsp3) is 1.00. The molecule has 0 aliphatic carbocycles. The van der Waals surface area contributed by atoms with E-state index in [9.17, 15) is 0 Å². The number of halogens is 12. The van der Waals surface area contributed by atoms with Crippen molar-refractivity contribution < 1.29 is 0 Å². The summed E-state index contributed by atoms with van der Waals surface area (Å²) < 4.78 is -1.21. The van der Waals surface area contributed by atoms with Crippen LogP contribution >= 0.6 is 136 Å². The predicted octanol–water partition coefficient (Wildman–Crippen LogP) is 7.59. The van der Waals surface area contributed by atoms with Crippen molar-refractivity contribution in [3.8, 4) is 0 Å². The number of rotatable bonds is 4. The van der Waals surface area contributed by atoms with E-state index in [1.54, 1.807) is 0 Å². The molecule has 0 radical (unpaired) electrons. The van der Waals surface area contributed by atoms with Crippen molar-refractivity contribution in [2.75, 3.05) is 0 Å². The Kier molecular flexibility index (Phi) is 10.7. The first-order chi connectivity index (χ1) is 7.00. The first-order valence-corrected chi connectivity index (χ1v) is 49.2. The fourth-order valence-electron chi connectivity index (χ4n) is 0.964. The first kappa shape index (κ1) is 23.4. The quantitative estimate of drug-likeness (QED) is 0.256. The maximum atomic E-state index is 6.32. The molecule has 0 atom stereocenters. The van der Waals surface area contributed by atoms with Crippen LogP contribution in [0, 0.1) is 0 Å². The molecule has 0 saturated carbocycles. The van der Waals surface area contributed by atoms with Crippen LogP contribution in [0.2, 0.25) is 0.745 Å². The molecule has 0 heterocycles. The summed E-state index contributed by atoms with van der Waals surface area (Å²) in [6, 6.07) is 0. The van der Waals surface area contributed by atoms with Gasteiger partial charge in [0.2, 0.25) is 0 Å². The van der Waals surface area contributed by atoms with Gasteiger partial charge in [0, 0.05) is 0 Å². The molecule has 0 saturated heterocycles. The first-order valence-electron chi connectivity index (χ1n) is 3.27. The van der Waals surface area contributed by atoms with Crippen LogP contribution < -0.4 is 0 Å².